The van der Waals surface area contributed by atoms with E-state index in [1.165, 1.54) is 12.1 Å². The van der Waals surface area contributed by atoms with Crippen molar-refractivity contribution in [3.05, 3.63) is 34.6 Å². The largest absolute Gasteiger partial charge is 0.392 e. The number of hydrogen-bond donors (Lipinski definition) is 1. The summed E-state index contributed by atoms with van der Waals surface area (Å²) in [5.74, 6) is -0.0296. The van der Waals surface area contributed by atoms with Gasteiger partial charge in [0.15, 0.2) is 0 Å². The van der Waals surface area contributed by atoms with Gasteiger partial charge in [0, 0.05) is 11.4 Å². The first kappa shape index (κ1) is 15.5. The molecule has 0 amide bonds. The molecule has 0 aliphatic heterocycles. The molecule has 18 heavy (non-hydrogen) atoms. The average Bonchev–Trinajstić information content (AvgIpc) is 2.32. The van der Waals surface area contributed by atoms with Gasteiger partial charge in [-0.05, 0) is 36.5 Å². The lowest BCUT2D eigenvalue weighted by atomic mass is 9.89. The fourth-order valence-electron chi connectivity index (χ4n) is 2.35. The molecule has 0 radical (unpaired) electrons. The van der Waals surface area contributed by atoms with Crippen LogP contribution in [0.3, 0.4) is 0 Å². The van der Waals surface area contributed by atoms with E-state index in [1.807, 2.05) is 0 Å². The fraction of sp³-hybridized carbons (Fsp3) is 0.600. The Bertz CT molecular complexity index is 362. The molecule has 0 aliphatic rings. The molecule has 1 rings (SSSR count). The normalized spacial score (nSPS) is 13.0. The van der Waals surface area contributed by atoms with E-state index in [-0.39, 0.29) is 5.82 Å². The Morgan fingerprint density at radius 3 is 2.33 bits per heavy atom. The monoisotopic (exact) mass is 272 g/mol. The molecule has 1 nitrogen and oxygen atoms in total. The summed E-state index contributed by atoms with van der Waals surface area (Å²) in [4.78, 5) is 0. The van der Waals surface area contributed by atoms with Gasteiger partial charge >= 0.3 is 0 Å². The van der Waals surface area contributed by atoms with Gasteiger partial charge in [0.25, 0.3) is 0 Å². The zero-order valence-electron chi connectivity index (χ0n) is 11.1. The van der Waals surface area contributed by atoms with Gasteiger partial charge < -0.3 is 5.11 Å². The number of benzene rings is 1. The number of rotatable bonds is 7. The van der Waals surface area contributed by atoms with Gasteiger partial charge in [0.2, 0.25) is 0 Å². The number of halogens is 2. The minimum Gasteiger partial charge on any atom is -0.392 e. The maximum atomic E-state index is 12.9. The van der Waals surface area contributed by atoms with E-state index in [1.54, 1.807) is 6.07 Å². The van der Waals surface area contributed by atoms with E-state index < -0.39 is 6.10 Å². The topological polar surface area (TPSA) is 20.2 Å². The van der Waals surface area contributed by atoms with Crippen molar-refractivity contribution in [2.45, 2.75) is 52.1 Å². The molecule has 0 aliphatic carbocycles. The van der Waals surface area contributed by atoms with Crippen molar-refractivity contribution < 1.29 is 9.50 Å². The zero-order valence-corrected chi connectivity index (χ0v) is 11.9. The smallest absolute Gasteiger partial charge is 0.124 e. The second-order valence-electron chi connectivity index (χ2n) is 4.84. The number of aliphatic hydroxyl groups is 1. The van der Waals surface area contributed by atoms with Crippen LogP contribution < -0.4 is 0 Å². The summed E-state index contributed by atoms with van der Waals surface area (Å²) in [6.07, 6.45) is 4.29. The lowest BCUT2D eigenvalue weighted by Gasteiger charge is -2.22. The predicted molar refractivity (Wildman–Crippen MR) is 74.4 cm³/mol. The first-order valence-corrected chi connectivity index (χ1v) is 7.08. The minimum absolute atomic E-state index is 0.307. The van der Waals surface area contributed by atoms with E-state index in [9.17, 15) is 9.50 Å². The van der Waals surface area contributed by atoms with Crippen LogP contribution in [0.15, 0.2) is 18.2 Å². The lowest BCUT2D eigenvalue weighted by Crippen LogP contribution is -2.23. The molecule has 0 heterocycles. The van der Waals surface area contributed by atoms with Crippen molar-refractivity contribution in [2.24, 2.45) is 5.92 Å². The van der Waals surface area contributed by atoms with Gasteiger partial charge in [-0.1, -0.05) is 44.4 Å². The zero-order chi connectivity index (χ0) is 13.5. The second-order valence-corrected chi connectivity index (χ2v) is 5.25. The Morgan fingerprint density at radius 1 is 1.22 bits per heavy atom. The molecule has 3 heteroatoms. The quantitative estimate of drug-likeness (QED) is 0.769. The van der Waals surface area contributed by atoms with Crippen LogP contribution in [0.5, 0.6) is 0 Å². The van der Waals surface area contributed by atoms with Gasteiger partial charge in [0.1, 0.15) is 5.82 Å². The summed E-state index contributed by atoms with van der Waals surface area (Å²) < 4.78 is 12.9. The van der Waals surface area contributed by atoms with Crippen LogP contribution in [-0.2, 0) is 6.42 Å². The van der Waals surface area contributed by atoms with Crippen molar-refractivity contribution in [3.8, 4) is 0 Å². The molecule has 102 valence electrons. The summed E-state index contributed by atoms with van der Waals surface area (Å²) >= 11 is 5.98. The van der Waals surface area contributed by atoms with Gasteiger partial charge in [-0.15, -0.1) is 0 Å². The Hall–Kier alpha value is -0.600. The van der Waals surface area contributed by atoms with Crippen LogP contribution in [0.25, 0.3) is 0 Å². The van der Waals surface area contributed by atoms with Crippen molar-refractivity contribution in [3.63, 3.8) is 0 Å². The van der Waals surface area contributed by atoms with Gasteiger partial charge in [-0.25, -0.2) is 4.39 Å². The van der Waals surface area contributed by atoms with Crippen molar-refractivity contribution in [1.82, 2.24) is 0 Å². The predicted octanol–water partition coefficient (Wildman–Crippen LogP) is 4.60. The average molecular weight is 273 g/mol. The number of hydrogen-bond acceptors (Lipinski definition) is 1. The minimum atomic E-state index is -0.395. The Balaban J connectivity index is 2.69. The molecule has 1 atom stereocenters. The van der Waals surface area contributed by atoms with E-state index >= 15 is 0 Å². The highest BCUT2D eigenvalue weighted by atomic mass is 35.5. The van der Waals surface area contributed by atoms with Crippen molar-refractivity contribution in [1.29, 1.82) is 0 Å². The molecule has 0 aromatic heterocycles. The van der Waals surface area contributed by atoms with Crippen LogP contribution in [0, 0.1) is 11.7 Å². The summed E-state index contributed by atoms with van der Waals surface area (Å²) in [6.45, 7) is 4.25. The first-order valence-electron chi connectivity index (χ1n) is 6.70. The van der Waals surface area contributed by atoms with E-state index in [2.05, 4.69) is 13.8 Å². The maximum Gasteiger partial charge on any atom is 0.124 e. The SMILES string of the molecule is CCCC(CCC)C(O)Cc1ccc(F)cc1Cl. The summed E-state index contributed by atoms with van der Waals surface area (Å²) in [7, 11) is 0. The fourth-order valence-corrected chi connectivity index (χ4v) is 2.59. The Kier molecular flexibility index (Phi) is 6.66. The molecular formula is C15H22ClFO. The molecule has 0 saturated carbocycles. The molecule has 0 spiro atoms. The van der Waals surface area contributed by atoms with Crippen LogP contribution in [0.1, 0.15) is 45.1 Å². The lowest BCUT2D eigenvalue weighted by molar-refractivity contribution is 0.0963. The summed E-state index contributed by atoms with van der Waals surface area (Å²) in [5, 5.41) is 10.7. The maximum absolute atomic E-state index is 12.9. The Morgan fingerprint density at radius 2 is 1.83 bits per heavy atom. The van der Waals surface area contributed by atoms with Crippen LogP contribution in [0.2, 0.25) is 5.02 Å². The molecular weight excluding hydrogens is 251 g/mol. The van der Waals surface area contributed by atoms with Crippen LogP contribution in [0.4, 0.5) is 4.39 Å². The third-order valence-corrected chi connectivity index (χ3v) is 3.66. The molecule has 0 fully saturated rings. The highest BCUT2D eigenvalue weighted by Crippen LogP contribution is 2.24. The highest BCUT2D eigenvalue weighted by molar-refractivity contribution is 6.31. The van der Waals surface area contributed by atoms with Gasteiger partial charge in [-0.3, -0.25) is 0 Å². The second kappa shape index (κ2) is 7.75. The van der Waals surface area contributed by atoms with Crippen molar-refractivity contribution in [2.75, 3.05) is 0 Å². The summed E-state index contributed by atoms with van der Waals surface area (Å²) in [5.41, 5.74) is 0.822. The van der Waals surface area contributed by atoms with E-state index in [4.69, 9.17) is 11.6 Å². The highest BCUT2D eigenvalue weighted by Gasteiger charge is 2.19. The molecule has 1 aromatic rings. The van der Waals surface area contributed by atoms with Gasteiger partial charge in [0.05, 0.1) is 6.10 Å². The molecule has 1 N–H and O–H groups in total. The van der Waals surface area contributed by atoms with Crippen molar-refractivity contribution >= 4 is 11.6 Å². The molecule has 1 aromatic carbocycles. The molecule has 1 unspecified atom stereocenters. The molecule has 0 saturated heterocycles. The van der Waals surface area contributed by atoms with E-state index in [0.29, 0.717) is 17.4 Å². The Labute approximate surface area is 114 Å². The van der Waals surface area contributed by atoms with Crippen LogP contribution >= 0.6 is 11.6 Å². The number of aliphatic hydroxyl groups excluding tert-OH is 1. The summed E-state index contributed by atoms with van der Waals surface area (Å²) in [6, 6.07) is 4.36. The van der Waals surface area contributed by atoms with Gasteiger partial charge in [-0.2, -0.15) is 0 Å². The van der Waals surface area contributed by atoms with Crippen LogP contribution in [-0.4, -0.2) is 11.2 Å². The first-order chi connectivity index (χ1) is 8.58. The third kappa shape index (κ3) is 4.58. The standard InChI is InChI=1S/C15H22ClFO/c1-3-5-11(6-4-2)15(18)9-12-7-8-13(17)10-14(12)16/h7-8,10-11,15,18H,3-6,9H2,1-2H3. The third-order valence-electron chi connectivity index (χ3n) is 3.31. The van der Waals surface area contributed by atoms with E-state index in [0.717, 1.165) is 31.2 Å². The molecule has 0 bridgehead atoms.